The van der Waals surface area contributed by atoms with Gasteiger partial charge in [0.15, 0.2) is 0 Å². The Bertz CT molecular complexity index is 846. The van der Waals surface area contributed by atoms with E-state index >= 15 is 0 Å². The molecule has 0 bridgehead atoms. The van der Waals surface area contributed by atoms with E-state index in [1.165, 1.54) is 34.0 Å². The first-order valence-electron chi connectivity index (χ1n) is 9.02. The summed E-state index contributed by atoms with van der Waals surface area (Å²) in [6.07, 6.45) is 8.93. The fourth-order valence-corrected chi connectivity index (χ4v) is 4.48. The number of nitrogens with one attached hydrogen (secondary N) is 2. The molecule has 2 aliphatic carbocycles. The molecule has 2 N–H and O–H groups in total. The number of aromatic amines is 1. The molecule has 1 fully saturated rings. The topological polar surface area (TPSA) is 48.1 Å². The van der Waals surface area contributed by atoms with Crippen molar-refractivity contribution in [3.05, 3.63) is 41.6 Å². The van der Waals surface area contributed by atoms with Gasteiger partial charge in [-0.05, 0) is 55.5 Å². The molecule has 4 heteroatoms. The van der Waals surface area contributed by atoms with Crippen LogP contribution in [-0.2, 0) is 11.2 Å². The van der Waals surface area contributed by atoms with Crippen LogP contribution in [0.4, 0.5) is 0 Å². The van der Waals surface area contributed by atoms with Crippen molar-refractivity contribution in [2.24, 2.45) is 5.92 Å². The zero-order valence-corrected chi connectivity index (χ0v) is 14.0. The summed E-state index contributed by atoms with van der Waals surface area (Å²) in [5.41, 5.74) is 5.22. The van der Waals surface area contributed by atoms with Gasteiger partial charge in [0.2, 0.25) is 5.91 Å². The van der Waals surface area contributed by atoms with Gasteiger partial charge in [0.1, 0.15) is 0 Å². The predicted octanol–water partition coefficient (Wildman–Crippen LogP) is 2.71. The first-order chi connectivity index (χ1) is 11.7. The number of carbonyl (C=O) groups is 1. The first kappa shape index (κ1) is 14.3. The van der Waals surface area contributed by atoms with Gasteiger partial charge in [0.05, 0.1) is 5.92 Å². The maximum atomic E-state index is 12.7. The van der Waals surface area contributed by atoms with E-state index in [1.54, 1.807) is 0 Å². The fourth-order valence-electron chi connectivity index (χ4n) is 4.48. The summed E-state index contributed by atoms with van der Waals surface area (Å²) < 4.78 is 0. The van der Waals surface area contributed by atoms with E-state index < -0.39 is 0 Å². The normalized spacial score (nSPS) is 26.6. The minimum absolute atomic E-state index is 0.0439. The molecule has 1 aromatic heterocycles. The number of benzene rings is 1. The highest BCUT2D eigenvalue weighted by atomic mass is 16.2. The summed E-state index contributed by atoms with van der Waals surface area (Å²) in [5.74, 6) is 0.155. The van der Waals surface area contributed by atoms with Gasteiger partial charge in [0.25, 0.3) is 0 Å². The average molecular weight is 321 g/mol. The van der Waals surface area contributed by atoms with Crippen molar-refractivity contribution in [3.8, 4) is 0 Å². The van der Waals surface area contributed by atoms with Crippen LogP contribution in [-0.4, -0.2) is 41.5 Å². The number of nitrogens with zero attached hydrogens (tertiary/aromatic N) is 1. The standard InChI is InChI=1S/C20H23N3O/c1-23-11-13(20(24)22-14-4-2-5-14)8-16-15-6-3-7-17-19(15)12(10-21-17)9-18(16)23/h3,6-8,10,13-14,18,21H,2,4-5,9,11H2,1H3,(H,22,24)/t13-,18-/m1/s1. The maximum absolute atomic E-state index is 12.7. The molecule has 4 nitrogen and oxygen atoms in total. The van der Waals surface area contributed by atoms with Crippen LogP contribution in [0.5, 0.6) is 0 Å². The number of likely N-dealkylation sites (N-methyl/N-ethyl adjacent to an activating group) is 1. The molecule has 1 aliphatic heterocycles. The van der Waals surface area contributed by atoms with Crippen molar-refractivity contribution in [3.63, 3.8) is 0 Å². The van der Waals surface area contributed by atoms with E-state index in [0.29, 0.717) is 12.1 Å². The molecule has 1 saturated carbocycles. The lowest BCUT2D eigenvalue weighted by molar-refractivity contribution is -0.125. The van der Waals surface area contributed by atoms with Crippen LogP contribution in [0.25, 0.3) is 16.5 Å². The number of hydrogen-bond donors (Lipinski definition) is 2. The van der Waals surface area contributed by atoms with Crippen molar-refractivity contribution in [2.45, 2.75) is 37.8 Å². The minimum Gasteiger partial charge on any atom is -0.361 e. The number of rotatable bonds is 2. The smallest absolute Gasteiger partial charge is 0.228 e. The Balaban J connectivity index is 1.54. The molecule has 0 radical (unpaired) electrons. The number of carbonyl (C=O) groups excluding carboxylic acids is 1. The summed E-state index contributed by atoms with van der Waals surface area (Å²) in [7, 11) is 2.15. The molecular formula is C20H23N3O. The van der Waals surface area contributed by atoms with Gasteiger partial charge < -0.3 is 10.3 Å². The highest BCUT2D eigenvalue weighted by Gasteiger charge is 2.36. The van der Waals surface area contributed by atoms with Gasteiger partial charge in [0, 0.05) is 35.7 Å². The summed E-state index contributed by atoms with van der Waals surface area (Å²) in [6.45, 7) is 0.808. The molecule has 2 heterocycles. The Morgan fingerprint density at radius 1 is 1.33 bits per heavy atom. The number of aromatic nitrogens is 1. The molecule has 2 aromatic rings. The SMILES string of the molecule is CN1C[C@H](C(=O)NC2CCC2)C=C2c3cccc4[nH]cc(c34)C[C@H]21. The molecule has 0 saturated heterocycles. The highest BCUT2D eigenvalue weighted by molar-refractivity contribution is 5.99. The van der Waals surface area contributed by atoms with Gasteiger partial charge >= 0.3 is 0 Å². The van der Waals surface area contributed by atoms with Crippen LogP contribution >= 0.6 is 0 Å². The third-order valence-electron chi connectivity index (χ3n) is 6.06. The molecule has 1 amide bonds. The quantitative estimate of drug-likeness (QED) is 0.893. The van der Waals surface area contributed by atoms with E-state index in [2.05, 4.69) is 52.7 Å². The van der Waals surface area contributed by atoms with E-state index in [1.807, 2.05) is 0 Å². The largest absolute Gasteiger partial charge is 0.361 e. The second-order valence-electron chi connectivity index (χ2n) is 7.57. The molecule has 124 valence electrons. The third-order valence-corrected chi connectivity index (χ3v) is 6.06. The van der Waals surface area contributed by atoms with Crippen LogP contribution in [0.1, 0.15) is 30.4 Å². The van der Waals surface area contributed by atoms with Crippen molar-refractivity contribution in [1.29, 1.82) is 0 Å². The van der Waals surface area contributed by atoms with Crippen molar-refractivity contribution in [1.82, 2.24) is 15.2 Å². The van der Waals surface area contributed by atoms with Gasteiger partial charge in [-0.1, -0.05) is 18.2 Å². The molecule has 0 unspecified atom stereocenters. The Labute approximate surface area is 141 Å². The minimum atomic E-state index is -0.0439. The maximum Gasteiger partial charge on any atom is 0.228 e. The highest BCUT2D eigenvalue weighted by Crippen LogP contribution is 2.40. The molecule has 1 aromatic carbocycles. The van der Waals surface area contributed by atoms with Crippen LogP contribution in [0.2, 0.25) is 0 Å². The fraction of sp³-hybridized carbons (Fsp3) is 0.450. The molecule has 3 aliphatic rings. The lowest BCUT2D eigenvalue weighted by Gasteiger charge is -2.40. The second kappa shape index (κ2) is 5.21. The van der Waals surface area contributed by atoms with Crippen LogP contribution < -0.4 is 5.32 Å². The lowest BCUT2D eigenvalue weighted by Crippen LogP contribution is -2.49. The van der Waals surface area contributed by atoms with Crippen molar-refractivity contribution in [2.75, 3.05) is 13.6 Å². The number of fused-ring (bicyclic) bond motifs is 2. The Morgan fingerprint density at radius 3 is 3.00 bits per heavy atom. The summed E-state index contributed by atoms with van der Waals surface area (Å²) in [5, 5.41) is 4.57. The number of H-pyrrole nitrogens is 1. The zero-order valence-electron chi connectivity index (χ0n) is 14.0. The van der Waals surface area contributed by atoms with E-state index in [0.717, 1.165) is 25.8 Å². The summed E-state index contributed by atoms with van der Waals surface area (Å²) in [4.78, 5) is 18.4. The molecule has 5 rings (SSSR count). The Hall–Kier alpha value is -2.07. The van der Waals surface area contributed by atoms with Gasteiger partial charge in [-0.3, -0.25) is 9.69 Å². The monoisotopic (exact) mass is 321 g/mol. The summed E-state index contributed by atoms with van der Waals surface area (Å²) >= 11 is 0. The molecule has 2 atom stereocenters. The van der Waals surface area contributed by atoms with Crippen LogP contribution in [0.15, 0.2) is 30.5 Å². The van der Waals surface area contributed by atoms with E-state index in [4.69, 9.17) is 0 Å². The molecular weight excluding hydrogens is 298 g/mol. The second-order valence-corrected chi connectivity index (χ2v) is 7.57. The van der Waals surface area contributed by atoms with Crippen molar-refractivity contribution >= 4 is 22.4 Å². The van der Waals surface area contributed by atoms with Gasteiger partial charge in [-0.15, -0.1) is 0 Å². The lowest BCUT2D eigenvalue weighted by atomic mass is 9.79. The van der Waals surface area contributed by atoms with Crippen molar-refractivity contribution < 1.29 is 4.79 Å². The Morgan fingerprint density at radius 2 is 2.21 bits per heavy atom. The van der Waals surface area contributed by atoms with Crippen LogP contribution in [0.3, 0.4) is 0 Å². The van der Waals surface area contributed by atoms with Gasteiger partial charge in [-0.25, -0.2) is 0 Å². The molecule has 0 spiro atoms. The number of hydrogen-bond acceptors (Lipinski definition) is 2. The van der Waals surface area contributed by atoms with Gasteiger partial charge in [-0.2, -0.15) is 0 Å². The first-order valence-corrected chi connectivity index (χ1v) is 9.02. The summed E-state index contributed by atoms with van der Waals surface area (Å²) in [6, 6.07) is 7.24. The zero-order chi connectivity index (χ0) is 16.3. The average Bonchev–Trinajstić information content (AvgIpc) is 2.96. The molecule has 24 heavy (non-hydrogen) atoms. The van der Waals surface area contributed by atoms with E-state index in [9.17, 15) is 4.79 Å². The predicted molar refractivity (Wildman–Crippen MR) is 95.7 cm³/mol. The Kier molecular flexibility index (Phi) is 3.10. The number of amides is 1. The van der Waals surface area contributed by atoms with E-state index in [-0.39, 0.29) is 11.8 Å². The third kappa shape index (κ3) is 2.06. The van der Waals surface area contributed by atoms with Crippen LogP contribution in [0, 0.1) is 5.92 Å².